The van der Waals surface area contributed by atoms with Crippen molar-refractivity contribution in [2.45, 2.75) is 89.5 Å². The fourth-order valence-corrected chi connectivity index (χ4v) is 7.10. The monoisotopic (exact) mass is 629 g/mol. The predicted octanol–water partition coefficient (Wildman–Crippen LogP) is 3.22. The molecule has 2 aliphatic rings. The van der Waals surface area contributed by atoms with E-state index in [-0.39, 0.29) is 17.8 Å². The van der Waals surface area contributed by atoms with Crippen LogP contribution in [0.4, 0.5) is 4.79 Å². The molecule has 43 heavy (non-hydrogen) atoms. The number of fused-ring (bicyclic) bond motifs is 1. The summed E-state index contributed by atoms with van der Waals surface area (Å²) in [5.41, 5.74) is -0.633. The first-order valence-electron chi connectivity index (χ1n) is 14.3. The second kappa shape index (κ2) is 14.0. The van der Waals surface area contributed by atoms with Crippen LogP contribution in [0.3, 0.4) is 0 Å². The average Bonchev–Trinajstić information content (AvgIpc) is 3.13. The Bertz CT molecular complexity index is 1260. The number of nitrogens with one attached hydrogen (secondary N) is 3. The molecule has 1 aromatic carbocycles. The Hall–Kier alpha value is -3.30. The second-order valence-corrected chi connectivity index (χ2v) is 14.3. The minimum absolute atomic E-state index is 0.0189. The number of likely N-dealkylation sites (N-methyl/N-ethyl adjacent to an activating group) is 1. The maximum absolute atomic E-state index is 14.1. The van der Waals surface area contributed by atoms with E-state index in [1.54, 1.807) is 75.7 Å². The molecule has 2 fully saturated rings. The Morgan fingerprint density at radius 2 is 1.91 bits per heavy atom. The first kappa shape index (κ1) is 34.2. The molecule has 12 heteroatoms. The van der Waals surface area contributed by atoms with Crippen LogP contribution < -0.4 is 16.0 Å². The summed E-state index contributed by atoms with van der Waals surface area (Å²) in [4.78, 5) is 57.2. The molecule has 2 heterocycles. The van der Waals surface area contributed by atoms with Gasteiger partial charge in [-0.05, 0) is 57.3 Å². The standard InChI is InChI=1S/C31H43N5O5S2/c1-9-16-32-25(37)23(20-13-11-10-12-14-20)34-26(38)24-31(6,7)18-22-36(24)28(39)21(15-17-43-22)33-27(42)19(2)35(8)29(40)41-30(3,4)5/h1,10-14,19,21-24H,15-18H2,2-8H3,(H,32,37)(H,33,42)(H,34,38)/t19-,21-,22-,23-,24+/m0/s1. The van der Waals surface area contributed by atoms with Crippen LogP contribution in [-0.2, 0) is 19.1 Å². The number of terminal acetylenes is 1. The summed E-state index contributed by atoms with van der Waals surface area (Å²) in [7, 11) is 1.60. The molecule has 0 radical (unpaired) electrons. The van der Waals surface area contributed by atoms with Gasteiger partial charge in [-0.1, -0.05) is 62.3 Å². The Balaban J connectivity index is 1.82. The van der Waals surface area contributed by atoms with Crippen LogP contribution in [0.15, 0.2) is 30.3 Å². The summed E-state index contributed by atoms with van der Waals surface area (Å²) in [6.07, 6.45) is 5.92. The van der Waals surface area contributed by atoms with E-state index in [0.717, 1.165) is 0 Å². The highest BCUT2D eigenvalue weighted by Gasteiger charge is 2.54. The summed E-state index contributed by atoms with van der Waals surface area (Å²) in [5.74, 6) is 1.95. The van der Waals surface area contributed by atoms with E-state index in [9.17, 15) is 19.2 Å². The van der Waals surface area contributed by atoms with E-state index in [2.05, 4.69) is 21.9 Å². The van der Waals surface area contributed by atoms with Crippen molar-refractivity contribution < 1.29 is 23.9 Å². The lowest BCUT2D eigenvalue weighted by atomic mass is 9.83. The molecular formula is C31H43N5O5S2. The molecule has 2 saturated heterocycles. The third-order valence-electron chi connectivity index (χ3n) is 7.55. The third-order valence-corrected chi connectivity index (χ3v) is 9.26. The van der Waals surface area contributed by atoms with Crippen molar-refractivity contribution in [2.24, 2.45) is 5.41 Å². The Morgan fingerprint density at radius 3 is 2.51 bits per heavy atom. The maximum Gasteiger partial charge on any atom is 0.410 e. The van der Waals surface area contributed by atoms with E-state index in [1.807, 2.05) is 19.9 Å². The normalized spacial score (nSPS) is 22.6. The van der Waals surface area contributed by atoms with Crippen molar-refractivity contribution in [1.82, 2.24) is 25.8 Å². The topological polar surface area (TPSA) is 120 Å². The molecule has 3 N–H and O–H groups in total. The summed E-state index contributed by atoms with van der Waals surface area (Å²) < 4.78 is 5.46. The van der Waals surface area contributed by atoms with Gasteiger partial charge in [0.2, 0.25) is 17.7 Å². The number of nitrogens with zero attached hydrogens (tertiary/aromatic N) is 2. The Kier molecular flexibility index (Phi) is 11.1. The fraction of sp³-hybridized carbons (Fsp3) is 0.581. The van der Waals surface area contributed by atoms with Crippen molar-refractivity contribution in [3.8, 4) is 12.3 Å². The van der Waals surface area contributed by atoms with E-state index < -0.39 is 53.1 Å². The molecule has 1 aromatic rings. The van der Waals surface area contributed by atoms with Crippen LogP contribution >= 0.6 is 24.0 Å². The number of thioether (sulfide) groups is 1. The number of thiocarbonyl (C=S) groups is 1. The molecule has 5 atom stereocenters. The lowest BCUT2D eigenvalue weighted by molar-refractivity contribution is -0.143. The van der Waals surface area contributed by atoms with Gasteiger partial charge in [0.25, 0.3) is 0 Å². The summed E-state index contributed by atoms with van der Waals surface area (Å²) in [6.45, 7) is 11.1. The molecule has 0 unspecified atom stereocenters. The van der Waals surface area contributed by atoms with E-state index in [4.69, 9.17) is 23.4 Å². The van der Waals surface area contributed by atoms with Crippen LogP contribution in [0.2, 0.25) is 0 Å². The fourth-order valence-electron chi connectivity index (χ4n) is 5.22. The smallest absolute Gasteiger partial charge is 0.410 e. The molecular weight excluding hydrogens is 587 g/mol. The number of hydrogen-bond acceptors (Lipinski definition) is 7. The van der Waals surface area contributed by atoms with Crippen molar-refractivity contribution in [3.63, 3.8) is 0 Å². The maximum atomic E-state index is 14.1. The van der Waals surface area contributed by atoms with Crippen LogP contribution in [0.5, 0.6) is 0 Å². The van der Waals surface area contributed by atoms with Gasteiger partial charge in [-0.2, -0.15) is 0 Å². The van der Waals surface area contributed by atoms with Gasteiger partial charge < -0.3 is 30.5 Å². The molecule has 0 spiro atoms. The van der Waals surface area contributed by atoms with E-state index >= 15 is 0 Å². The predicted molar refractivity (Wildman–Crippen MR) is 172 cm³/mol. The van der Waals surface area contributed by atoms with Crippen LogP contribution in [-0.4, -0.2) is 87.0 Å². The van der Waals surface area contributed by atoms with Gasteiger partial charge >= 0.3 is 6.09 Å². The van der Waals surface area contributed by atoms with E-state index in [1.165, 1.54) is 4.90 Å². The molecule has 4 amide bonds. The van der Waals surface area contributed by atoms with Crippen molar-refractivity contribution in [2.75, 3.05) is 19.3 Å². The molecule has 0 aliphatic carbocycles. The number of hydrogen-bond donors (Lipinski definition) is 3. The highest BCUT2D eigenvalue weighted by atomic mass is 32.2. The number of benzene rings is 1. The van der Waals surface area contributed by atoms with Gasteiger partial charge in [0.1, 0.15) is 23.7 Å². The van der Waals surface area contributed by atoms with Gasteiger partial charge in [0.05, 0.1) is 22.9 Å². The Labute approximate surface area is 264 Å². The molecule has 10 nitrogen and oxygen atoms in total. The van der Waals surface area contributed by atoms with Gasteiger partial charge in [-0.15, -0.1) is 18.2 Å². The lowest BCUT2D eigenvalue weighted by Gasteiger charge is -2.35. The zero-order valence-electron chi connectivity index (χ0n) is 25.9. The number of carbonyl (C=O) groups excluding carboxylic acids is 4. The van der Waals surface area contributed by atoms with Crippen LogP contribution in [0.1, 0.15) is 66.0 Å². The van der Waals surface area contributed by atoms with Crippen molar-refractivity contribution in [3.05, 3.63) is 35.9 Å². The average molecular weight is 630 g/mol. The van der Waals surface area contributed by atoms with Gasteiger partial charge in [-0.25, -0.2) is 4.79 Å². The molecule has 2 aliphatic heterocycles. The quantitative estimate of drug-likeness (QED) is 0.296. The molecule has 0 aromatic heterocycles. The van der Waals surface area contributed by atoms with Crippen molar-refractivity contribution >= 4 is 52.8 Å². The second-order valence-electron chi connectivity index (χ2n) is 12.6. The highest BCUT2D eigenvalue weighted by Crippen LogP contribution is 2.46. The Morgan fingerprint density at radius 1 is 1.26 bits per heavy atom. The molecule has 234 valence electrons. The SMILES string of the molecule is C#CCNC(=O)[C@@H](NC(=O)[C@H]1N2C(=O)[C@@H](NC(=S)[C@H](C)N(C)C(=O)OC(C)(C)C)CCS[C@H]2CC1(C)C)c1ccccc1. The highest BCUT2D eigenvalue weighted by molar-refractivity contribution is 7.99. The minimum atomic E-state index is -0.989. The number of ether oxygens (including phenoxy) is 1. The lowest BCUT2D eigenvalue weighted by Crippen LogP contribution is -2.58. The molecule has 0 saturated carbocycles. The number of rotatable bonds is 8. The first-order chi connectivity index (χ1) is 20.1. The van der Waals surface area contributed by atoms with Crippen LogP contribution in [0.25, 0.3) is 0 Å². The number of amides is 4. The third kappa shape index (κ3) is 8.42. The van der Waals surface area contributed by atoms with Crippen molar-refractivity contribution in [1.29, 1.82) is 0 Å². The van der Waals surface area contributed by atoms with E-state index in [0.29, 0.717) is 29.1 Å². The van der Waals surface area contributed by atoms with Gasteiger partial charge in [-0.3, -0.25) is 14.4 Å². The zero-order valence-corrected chi connectivity index (χ0v) is 27.6. The zero-order chi connectivity index (χ0) is 32.1. The van der Waals surface area contributed by atoms with Gasteiger partial charge in [0.15, 0.2) is 0 Å². The summed E-state index contributed by atoms with van der Waals surface area (Å²) in [5, 5.41) is 8.52. The summed E-state index contributed by atoms with van der Waals surface area (Å²) in [6, 6.07) is 5.86. The largest absolute Gasteiger partial charge is 0.444 e. The number of carbonyl (C=O) groups is 4. The first-order valence-corrected chi connectivity index (χ1v) is 15.8. The summed E-state index contributed by atoms with van der Waals surface area (Å²) >= 11 is 7.26. The van der Waals surface area contributed by atoms with Gasteiger partial charge in [0, 0.05) is 7.05 Å². The molecule has 3 rings (SSSR count). The minimum Gasteiger partial charge on any atom is -0.444 e. The molecule has 0 bridgehead atoms. The van der Waals surface area contributed by atoms with Crippen LogP contribution in [0, 0.1) is 17.8 Å².